The molecule has 0 amide bonds. The number of nitrogens with two attached hydrogens (primary N) is 1. The van der Waals surface area contributed by atoms with Crippen LogP contribution in [0.15, 0.2) is 22.7 Å². The summed E-state index contributed by atoms with van der Waals surface area (Å²) in [5.41, 5.74) is 7.69. The van der Waals surface area contributed by atoms with Crippen LogP contribution in [0.1, 0.15) is 19.4 Å². The van der Waals surface area contributed by atoms with Crippen LogP contribution in [-0.4, -0.2) is 34.7 Å². The Labute approximate surface area is 138 Å². The van der Waals surface area contributed by atoms with Crippen molar-refractivity contribution in [3.8, 4) is 5.75 Å². The molecule has 0 radical (unpaired) electrons. The van der Waals surface area contributed by atoms with Gasteiger partial charge < -0.3 is 10.5 Å². The first-order chi connectivity index (χ1) is 9.51. The Bertz CT molecular complexity index is 457. The summed E-state index contributed by atoms with van der Waals surface area (Å²) in [4.78, 5) is 0. The van der Waals surface area contributed by atoms with Crippen LogP contribution in [0.3, 0.4) is 0 Å². The van der Waals surface area contributed by atoms with E-state index in [1.165, 1.54) is 5.56 Å². The second-order valence-corrected chi connectivity index (χ2v) is 9.14. The fourth-order valence-electron chi connectivity index (χ4n) is 2.27. The zero-order valence-electron chi connectivity index (χ0n) is 12.1. The summed E-state index contributed by atoms with van der Waals surface area (Å²) in [6.07, 6.45) is 0.919. The Morgan fingerprint density at radius 1 is 1.40 bits per heavy atom. The predicted molar refractivity (Wildman–Crippen MR) is 95.1 cm³/mol. The standard InChI is InChI=1S/C15H22BrNOS2/c1-9-10(2)20-15(8-19-9)13(17)7-11-4-5-14(18-3)12(16)6-11/h4-6,9-10,13,15H,7-8,17H2,1-3H3. The van der Waals surface area contributed by atoms with E-state index in [4.69, 9.17) is 10.5 Å². The van der Waals surface area contributed by atoms with E-state index in [1.54, 1.807) is 7.11 Å². The smallest absolute Gasteiger partial charge is 0.133 e. The molecule has 0 saturated carbocycles. The first-order valence-electron chi connectivity index (χ1n) is 6.86. The second kappa shape index (κ2) is 7.43. The van der Waals surface area contributed by atoms with Gasteiger partial charge in [0.05, 0.1) is 11.6 Å². The van der Waals surface area contributed by atoms with Crippen LogP contribution in [0, 0.1) is 0 Å². The van der Waals surface area contributed by atoms with Crippen molar-refractivity contribution >= 4 is 39.5 Å². The maximum absolute atomic E-state index is 6.43. The summed E-state index contributed by atoms with van der Waals surface area (Å²) >= 11 is 7.64. The van der Waals surface area contributed by atoms with Gasteiger partial charge in [0.15, 0.2) is 0 Å². The van der Waals surface area contributed by atoms with Gasteiger partial charge in [-0.1, -0.05) is 19.9 Å². The summed E-state index contributed by atoms with van der Waals surface area (Å²) in [5, 5.41) is 1.97. The molecular weight excluding hydrogens is 354 g/mol. The van der Waals surface area contributed by atoms with Crippen molar-refractivity contribution in [3.63, 3.8) is 0 Å². The van der Waals surface area contributed by atoms with Crippen molar-refractivity contribution in [1.82, 2.24) is 0 Å². The highest BCUT2D eigenvalue weighted by atomic mass is 79.9. The third kappa shape index (κ3) is 4.09. The van der Waals surface area contributed by atoms with Gasteiger partial charge in [-0.15, -0.1) is 0 Å². The van der Waals surface area contributed by atoms with E-state index in [2.05, 4.69) is 65.4 Å². The highest BCUT2D eigenvalue weighted by molar-refractivity contribution is 9.10. The van der Waals surface area contributed by atoms with Crippen molar-refractivity contribution in [1.29, 1.82) is 0 Å². The normalized spacial score (nSPS) is 28.1. The van der Waals surface area contributed by atoms with Gasteiger partial charge in [-0.05, 0) is 40.0 Å². The molecule has 1 saturated heterocycles. The Morgan fingerprint density at radius 2 is 2.15 bits per heavy atom. The zero-order chi connectivity index (χ0) is 14.7. The minimum atomic E-state index is 0.211. The number of hydrogen-bond acceptors (Lipinski definition) is 4. The number of thioether (sulfide) groups is 2. The molecule has 0 aliphatic carbocycles. The van der Waals surface area contributed by atoms with Gasteiger partial charge in [-0.2, -0.15) is 23.5 Å². The van der Waals surface area contributed by atoms with Crippen molar-refractivity contribution in [2.45, 2.75) is 42.1 Å². The Kier molecular flexibility index (Phi) is 6.14. The van der Waals surface area contributed by atoms with Crippen LogP contribution in [0.5, 0.6) is 5.75 Å². The quantitative estimate of drug-likeness (QED) is 0.863. The Morgan fingerprint density at radius 3 is 2.75 bits per heavy atom. The van der Waals surface area contributed by atoms with E-state index in [0.29, 0.717) is 10.5 Å². The maximum atomic E-state index is 6.43. The van der Waals surface area contributed by atoms with E-state index >= 15 is 0 Å². The average Bonchev–Trinajstić information content (AvgIpc) is 2.42. The second-order valence-electron chi connectivity index (χ2n) is 5.25. The van der Waals surface area contributed by atoms with Gasteiger partial charge in [0.25, 0.3) is 0 Å². The van der Waals surface area contributed by atoms with Crippen LogP contribution in [0.25, 0.3) is 0 Å². The van der Waals surface area contributed by atoms with Gasteiger partial charge in [-0.25, -0.2) is 0 Å². The van der Waals surface area contributed by atoms with Crippen LogP contribution < -0.4 is 10.5 Å². The van der Waals surface area contributed by atoms with Gasteiger partial charge in [0.2, 0.25) is 0 Å². The molecule has 2 rings (SSSR count). The number of benzene rings is 1. The first-order valence-corrected chi connectivity index (χ1v) is 9.64. The van der Waals surface area contributed by atoms with Gasteiger partial charge in [0.1, 0.15) is 5.75 Å². The Hall–Kier alpha value is 0.160. The minimum absolute atomic E-state index is 0.211. The fourth-order valence-corrected chi connectivity index (χ4v) is 5.92. The highest BCUT2D eigenvalue weighted by Gasteiger charge is 2.29. The molecule has 4 atom stereocenters. The molecule has 2 N–H and O–H groups in total. The lowest BCUT2D eigenvalue weighted by Gasteiger charge is -2.34. The molecule has 1 aliphatic rings. The van der Waals surface area contributed by atoms with Crippen LogP contribution in [0.2, 0.25) is 0 Å². The summed E-state index contributed by atoms with van der Waals surface area (Å²) < 4.78 is 6.26. The lowest BCUT2D eigenvalue weighted by atomic mass is 10.0. The summed E-state index contributed by atoms with van der Waals surface area (Å²) in [7, 11) is 1.68. The lowest BCUT2D eigenvalue weighted by Crippen LogP contribution is -2.41. The van der Waals surface area contributed by atoms with E-state index < -0.39 is 0 Å². The predicted octanol–water partition coefficient (Wildman–Crippen LogP) is 3.95. The van der Waals surface area contributed by atoms with Crippen molar-refractivity contribution in [2.24, 2.45) is 5.73 Å². The van der Waals surface area contributed by atoms with E-state index in [-0.39, 0.29) is 6.04 Å². The van der Waals surface area contributed by atoms with Crippen molar-refractivity contribution in [2.75, 3.05) is 12.9 Å². The summed E-state index contributed by atoms with van der Waals surface area (Å²) in [6.45, 7) is 4.62. The van der Waals surface area contributed by atoms with E-state index in [9.17, 15) is 0 Å². The molecule has 1 aromatic carbocycles. The molecule has 1 aliphatic heterocycles. The number of methoxy groups -OCH3 is 1. The van der Waals surface area contributed by atoms with Crippen molar-refractivity contribution < 1.29 is 4.74 Å². The van der Waals surface area contributed by atoms with E-state index in [1.807, 2.05) is 6.07 Å². The highest BCUT2D eigenvalue weighted by Crippen LogP contribution is 2.37. The fraction of sp³-hybridized carbons (Fsp3) is 0.600. The largest absolute Gasteiger partial charge is 0.496 e. The lowest BCUT2D eigenvalue weighted by molar-refractivity contribution is 0.412. The number of hydrogen-bond donors (Lipinski definition) is 1. The van der Waals surface area contributed by atoms with E-state index in [0.717, 1.165) is 27.6 Å². The van der Waals surface area contributed by atoms with Crippen LogP contribution >= 0.6 is 39.5 Å². The summed E-state index contributed by atoms with van der Waals surface area (Å²) in [6, 6.07) is 6.43. The van der Waals surface area contributed by atoms with Crippen LogP contribution in [0.4, 0.5) is 0 Å². The molecule has 0 aromatic heterocycles. The molecule has 0 spiro atoms. The Balaban J connectivity index is 1.97. The molecule has 4 unspecified atom stereocenters. The molecule has 1 heterocycles. The zero-order valence-corrected chi connectivity index (χ0v) is 15.4. The SMILES string of the molecule is COc1ccc(CC(N)C2CSC(C)C(C)S2)cc1Br. The molecule has 112 valence electrons. The molecule has 5 heteroatoms. The van der Waals surface area contributed by atoms with Gasteiger partial charge >= 0.3 is 0 Å². The third-order valence-electron chi connectivity index (χ3n) is 3.74. The molecule has 20 heavy (non-hydrogen) atoms. The molecular formula is C15H22BrNOS2. The number of rotatable bonds is 4. The topological polar surface area (TPSA) is 35.2 Å². The average molecular weight is 376 g/mol. The monoisotopic (exact) mass is 375 g/mol. The summed E-state index contributed by atoms with van der Waals surface area (Å²) in [5.74, 6) is 2.03. The third-order valence-corrected chi connectivity index (χ3v) is 7.93. The van der Waals surface area contributed by atoms with Gasteiger partial charge in [0, 0.05) is 27.5 Å². The number of ether oxygens (including phenoxy) is 1. The molecule has 2 nitrogen and oxygen atoms in total. The minimum Gasteiger partial charge on any atom is -0.496 e. The number of halogens is 1. The molecule has 1 aromatic rings. The molecule has 0 bridgehead atoms. The van der Waals surface area contributed by atoms with Gasteiger partial charge in [-0.3, -0.25) is 0 Å². The maximum Gasteiger partial charge on any atom is 0.133 e. The first kappa shape index (κ1) is 16.5. The van der Waals surface area contributed by atoms with Crippen molar-refractivity contribution in [3.05, 3.63) is 28.2 Å². The van der Waals surface area contributed by atoms with Crippen LogP contribution in [-0.2, 0) is 6.42 Å². The molecule has 1 fully saturated rings.